The molecule has 3 nitrogen and oxygen atoms in total. The van der Waals surface area contributed by atoms with E-state index < -0.39 is 5.54 Å². The SMILES string of the molecule is CC(C)(C)SC1=C(Br)C(=O)N(C(C)(C)C)C1=O. The van der Waals surface area contributed by atoms with Crippen molar-refractivity contribution in [3.05, 3.63) is 9.39 Å². The fourth-order valence-electron chi connectivity index (χ4n) is 1.49. The van der Waals surface area contributed by atoms with Gasteiger partial charge in [0.05, 0.1) is 4.91 Å². The van der Waals surface area contributed by atoms with E-state index in [4.69, 9.17) is 0 Å². The van der Waals surface area contributed by atoms with Gasteiger partial charge >= 0.3 is 0 Å². The lowest BCUT2D eigenvalue weighted by atomic mass is 10.1. The normalized spacial score (nSPS) is 18.4. The van der Waals surface area contributed by atoms with Crippen molar-refractivity contribution < 1.29 is 9.59 Å². The molecule has 1 aliphatic heterocycles. The largest absolute Gasteiger partial charge is 0.269 e. The van der Waals surface area contributed by atoms with Crippen molar-refractivity contribution in [2.24, 2.45) is 0 Å². The highest BCUT2D eigenvalue weighted by atomic mass is 79.9. The summed E-state index contributed by atoms with van der Waals surface area (Å²) in [4.78, 5) is 26.1. The van der Waals surface area contributed by atoms with E-state index in [1.807, 2.05) is 41.5 Å². The lowest BCUT2D eigenvalue weighted by Gasteiger charge is -2.30. The van der Waals surface area contributed by atoms with Gasteiger partial charge < -0.3 is 0 Å². The van der Waals surface area contributed by atoms with Crippen LogP contribution in [0.4, 0.5) is 0 Å². The first-order valence-corrected chi connectivity index (χ1v) is 7.04. The summed E-state index contributed by atoms with van der Waals surface area (Å²) in [6.45, 7) is 11.6. The van der Waals surface area contributed by atoms with Gasteiger partial charge in [0.2, 0.25) is 0 Å². The topological polar surface area (TPSA) is 37.4 Å². The molecule has 2 amide bonds. The third kappa shape index (κ3) is 3.13. The lowest BCUT2D eigenvalue weighted by Crippen LogP contribution is -2.46. The Balaban J connectivity index is 3.10. The minimum Gasteiger partial charge on any atom is -0.268 e. The van der Waals surface area contributed by atoms with Gasteiger partial charge in [-0.05, 0) is 36.7 Å². The van der Waals surface area contributed by atoms with Crippen LogP contribution in [0.25, 0.3) is 0 Å². The van der Waals surface area contributed by atoms with Crippen LogP contribution in [0.5, 0.6) is 0 Å². The summed E-state index contributed by atoms with van der Waals surface area (Å²) in [7, 11) is 0. The number of halogens is 1. The number of imide groups is 1. The number of carbonyl (C=O) groups excluding carboxylic acids is 2. The Kier molecular flexibility index (Phi) is 3.85. The molecule has 17 heavy (non-hydrogen) atoms. The predicted molar refractivity (Wildman–Crippen MR) is 74.9 cm³/mol. The molecule has 0 radical (unpaired) electrons. The van der Waals surface area contributed by atoms with Gasteiger partial charge in [-0.1, -0.05) is 20.8 Å². The van der Waals surface area contributed by atoms with Crippen molar-refractivity contribution in [3.8, 4) is 0 Å². The number of rotatable bonds is 1. The zero-order chi connectivity index (χ0) is 13.6. The molecule has 0 spiro atoms. The smallest absolute Gasteiger partial charge is 0.268 e. The molecule has 0 N–H and O–H groups in total. The molecule has 1 heterocycles. The quantitative estimate of drug-likeness (QED) is 0.696. The summed E-state index contributed by atoms with van der Waals surface area (Å²) in [5.74, 6) is -0.441. The monoisotopic (exact) mass is 319 g/mol. The van der Waals surface area contributed by atoms with Gasteiger partial charge in [-0.2, -0.15) is 0 Å². The number of hydrogen-bond donors (Lipinski definition) is 0. The van der Waals surface area contributed by atoms with E-state index in [-0.39, 0.29) is 16.6 Å². The molecule has 0 unspecified atom stereocenters. The van der Waals surface area contributed by atoms with Crippen molar-refractivity contribution >= 4 is 39.5 Å². The van der Waals surface area contributed by atoms with Crippen LogP contribution >= 0.6 is 27.7 Å². The molecule has 0 saturated carbocycles. The van der Waals surface area contributed by atoms with Crippen molar-refractivity contribution in [2.45, 2.75) is 51.8 Å². The Labute approximate surface area is 115 Å². The fraction of sp³-hybridized carbons (Fsp3) is 0.667. The standard InChI is InChI=1S/C12H18BrNO2S/c1-11(2,3)14-9(15)7(13)8(10(14)16)17-12(4,5)6/h1-6H3. The van der Waals surface area contributed by atoms with Crippen molar-refractivity contribution in [2.75, 3.05) is 0 Å². The summed E-state index contributed by atoms with van der Waals surface area (Å²) in [5, 5.41) is 0. The molecule has 5 heteroatoms. The maximum absolute atomic E-state index is 12.2. The molecule has 0 aromatic carbocycles. The van der Waals surface area contributed by atoms with Crippen LogP contribution in [0.2, 0.25) is 0 Å². The summed E-state index contributed by atoms with van der Waals surface area (Å²) in [6, 6.07) is 0. The van der Waals surface area contributed by atoms with E-state index in [0.29, 0.717) is 9.39 Å². The summed E-state index contributed by atoms with van der Waals surface area (Å²) in [5.41, 5.74) is -0.493. The number of carbonyl (C=O) groups is 2. The van der Waals surface area contributed by atoms with Crippen LogP contribution < -0.4 is 0 Å². The van der Waals surface area contributed by atoms with E-state index in [9.17, 15) is 9.59 Å². The Morgan fingerprint density at radius 2 is 1.47 bits per heavy atom. The molecule has 96 valence electrons. The molecule has 0 aromatic heterocycles. The van der Waals surface area contributed by atoms with Gasteiger partial charge in [-0.25, -0.2) is 0 Å². The second-order valence-electron chi connectivity index (χ2n) is 5.97. The van der Waals surface area contributed by atoms with E-state index in [1.54, 1.807) is 0 Å². The van der Waals surface area contributed by atoms with Crippen LogP contribution in [0, 0.1) is 0 Å². The van der Waals surface area contributed by atoms with Gasteiger partial charge in [-0.15, -0.1) is 11.8 Å². The van der Waals surface area contributed by atoms with E-state index in [0.717, 1.165) is 0 Å². The molecule has 0 atom stereocenters. The number of thioether (sulfide) groups is 1. The molecule has 0 aliphatic carbocycles. The number of nitrogens with zero attached hydrogens (tertiary/aromatic N) is 1. The van der Waals surface area contributed by atoms with E-state index in [2.05, 4.69) is 15.9 Å². The van der Waals surface area contributed by atoms with Crippen LogP contribution in [-0.2, 0) is 9.59 Å². The third-order valence-electron chi connectivity index (χ3n) is 2.07. The van der Waals surface area contributed by atoms with E-state index in [1.165, 1.54) is 16.7 Å². The maximum atomic E-state index is 12.2. The molecule has 0 aromatic rings. The van der Waals surface area contributed by atoms with Gasteiger partial charge in [-0.3, -0.25) is 14.5 Å². The van der Waals surface area contributed by atoms with Gasteiger partial charge in [0.25, 0.3) is 11.8 Å². The van der Waals surface area contributed by atoms with Crippen LogP contribution in [0.15, 0.2) is 9.39 Å². The second kappa shape index (κ2) is 4.43. The highest BCUT2D eigenvalue weighted by molar-refractivity contribution is 9.12. The van der Waals surface area contributed by atoms with Gasteiger partial charge in [0, 0.05) is 10.3 Å². The molecule has 0 bridgehead atoms. The zero-order valence-electron chi connectivity index (χ0n) is 11.0. The van der Waals surface area contributed by atoms with Gasteiger partial charge in [0.15, 0.2) is 0 Å². The number of hydrogen-bond acceptors (Lipinski definition) is 3. The average molecular weight is 320 g/mol. The minimum absolute atomic E-state index is 0.0990. The Morgan fingerprint density at radius 3 is 1.76 bits per heavy atom. The zero-order valence-corrected chi connectivity index (χ0v) is 13.5. The lowest BCUT2D eigenvalue weighted by molar-refractivity contribution is -0.142. The summed E-state index contributed by atoms with van der Waals surface area (Å²) >= 11 is 4.67. The average Bonchev–Trinajstić information content (AvgIpc) is 2.26. The van der Waals surface area contributed by atoms with Crippen LogP contribution in [0.3, 0.4) is 0 Å². The molecule has 1 rings (SSSR count). The van der Waals surface area contributed by atoms with E-state index >= 15 is 0 Å². The first-order valence-electron chi connectivity index (χ1n) is 5.43. The Bertz CT molecular complexity index is 402. The van der Waals surface area contributed by atoms with Crippen molar-refractivity contribution in [1.29, 1.82) is 0 Å². The highest BCUT2D eigenvalue weighted by Crippen LogP contribution is 2.41. The molecule has 0 fully saturated rings. The summed E-state index contributed by atoms with van der Waals surface area (Å²) < 4.78 is 0.287. The third-order valence-corrected chi connectivity index (χ3v) is 4.26. The summed E-state index contributed by atoms with van der Waals surface area (Å²) in [6.07, 6.45) is 0. The Hall–Kier alpha value is -0.290. The van der Waals surface area contributed by atoms with Crippen molar-refractivity contribution in [1.82, 2.24) is 4.90 Å². The maximum Gasteiger partial charge on any atom is 0.269 e. The van der Waals surface area contributed by atoms with Gasteiger partial charge in [0.1, 0.15) is 4.48 Å². The first kappa shape index (κ1) is 14.8. The molecular formula is C12H18BrNO2S. The Morgan fingerprint density at radius 1 is 1.00 bits per heavy atom. The first-order chi connectivity index (χ1) is 7.45. The molecule has 0 saturated heterocycles. The minimum atomic E-state index is -0.493. The highest BCUT2D eigenvalue weighted by Gasteiger charge is 2.44. The van der Waals surface area contributed by atoms with Crippen LogP contribution in [0.1, 0.15) is 41.5 Å². The number of amides is 2. The molecule has 1 aliphatic rings. The second-order valence-corrected chi connectivity index (χ2v) is 8.60. The van der Waals surface area contributed by atoms with Crippen molar-refractivity contribution in [3.63, 3.8) is 0 Å². The van der Waals surface area contributed by atoms with Crippen LogP contribution in [-0.4, -0.2) is 27.0 Å². The fourth-order valence-corrected chi connectivity index (χ4v) is 3.04. The predicted octanol–water partition coefficient (Wildman–Crippen LogP) is 3.29. The molecular weight excluding hydrogens is 302 g/mol.